The van der Waals surface area contributed by atoms with Gasteiger partial charge in [-0.15, -0.1) is 0 Å². The molecule has 0 saturated carbocycles. The largest absolute Gasteiger partial charge is 0.494 e. The number of hydrogen-bond acceptors (Lipinski definition) is 5. The molecule has 5 nitrogen and oxygen atoms in total. The monoisotopic (exact) mass is 478 g/mol. The van der Waals surface area contributed by atoms with Crippen molar-refractivity contribution in [1.29, 1.82) is 0 Å². The van der Waals surface area contributed by atoms with E-state index < -0.39 is 0 Å². The highest BCUT2D eigenvalue weighted by atomic mass is 35.5. The molecule has 1 saturated heterocycles. The minimum atomic E-state index is -0.271. The first-order valence-electron chi connectivity index (χ1n) is 8.61. The Morgan fingerprint density at radius 3 is 2.67 bits per heavy atom. The number of carbonyl (C=O) groups excluding carboxylic acids is 1. The minimum absolute atomic E-state index is 0.271. The van der Waals surface area contributed by atoms with Gasteiger partial charge in [-0.25, -0.2) is 4.99 Å². The normalized spacial score (nSPS) is 16.3. The molecule has 0 bridgehead atoms. The summed E-state index contributed by atoms with van der Waals surface area (Å²) in [6.07, 6.45) is 1.65. The van der Waals surface area contributed by atoms with Crippen molar-refractivity contribution in [2.45, 2.75) is 0 Å². The lowest BCUT2D eigenvalue weighted by Gasteiger charge is -2.04. The van der Waals surface area contributed by atoms with Gasteiger partial charge in [0.1, 0.15) is 23.0 Å². The van der Waals surface area contributed by atoms with Crippen LogP contribution >= 0.6 is 46.6 Å². The van der Waals surface area contributed by atoms with Gasteiger partial charge in [-0.2, -0.15) is 0 Å². The highest BCUT2D eigenvalue weighted by Gasteiger charge is 2.25. The van der Waals surface area contributed by atoms with Crippen molar-refractivity contribution in [3.63, 3.8) is 0 Å². The Hall–Kier alpha value is -2.38. The molecule has 0 unspecified atom stereocenters. The number of hydrogen-bond donors (Lipinski definition) is 1. The summed E-state index contributed by atoms with van der Waals surface area (Å²) >= 11 is 19.3. The van der Waals surface area contributed by atoms with Crippen molar-refractivity contribution in [3.05, 3.63) is 74.3 Å². The molecule has 2 aromatic carbocycles. The zero-order chi connectivity index (χ0) is 21.3. The Morgan fingerprint density at radius 1 is 1.07 bits per heavy atom. The standard InChI is InChI=1S/C21H13Cl3N2O3S/c1-28-18-6-3-12(22)9-16(18)25-21-26-20(27)19(30-21)10-13-4-7-17(29-13)11-2-5-14(23)15(24)8-11/h2-10H,1H3,(H,25,26,27)/b19-10-. The van der Waals surface area contributed by atoms with Crippen LogP contribution in [0.2, 0.25) is 15.1 Å². The smallest absolute Gasteiger partial charge is 0.264 e. The second-order valence-corrected chi connectivity index (χ2v) is 8.41. The highest BCUT2D eigenvalue weighted by Crippen LogP contribution is 2.35. The van der Waals surface area contributed by atoms with Gasteiger partial charge in [0.15, 0.2) is 5.17 Å². The van der Waals surface area contributed by atoms with E-state index in [1.807, 2.05) is 6.07 Å². The number of benzene rings is 2. The summed E-state index contributed by atoms with van der Waals surface area (Å²) in [7, 11) is 1.54. The van der Waals surface area contributed by atoms with Crippen molar-refractivity contribution in [1.82, 2.24) is 5.32 Å². The van der Waals surface area contributed by atoms with E-state index in [1.165, 1.54) is 11.8 Å². The van der Waals surface area contributed by atoms with Gasteiger partial charge >= 0.3 is 0 Å². The molecule has 1 aliphatic rings. The first kappa shape index (κ1) is 20.9. The fourth-order valence-electron chi connectivity index (χ4n) is 2.70. The number of furan rings is 1. The molecule has 0 radical (unpaired) electrons. The number of amides is 1. The SMILES string of the molecule is COc1ccc(Cl)cc1N=C1NC(=O)/C(=C/c2ccc(-c3ccc(Cl)c(Cl)c3)o2)S1. The Kier molecular flexibility index (Phi) is 6.11. The molecule has 0 aliphatic carbocycles. The lowest BCUT2D eigenvalue weighted by Crippen LogP contribution is -2.19. The fraction of sp³-hybridized carbons (Fsp3) is 0.0476. The van der Waals surface area contributed by atoms with Crippen LogP contribution in [0.4, 0.5) is 5.69 Å². The molecule has 9 heteroatoms. The van der Waals surface area contributed by atoms with Crippen LogP contribution in [0, 0.1) is 0 Å². The first-order valence-corrected chi connectivity index (χ1v) is 10.6. The van der Waals surface area contributed by atoms with E-state index in [9.17, 15) is 4.79 Å². The second-order valence-electron chi connectivity index (χ2n) is 6.13. The van der Waals surface area contributed by atoms with Crippen molar-refractivity contribution in [3.8, 4) is 17.1 Å². The fourth-order valence-corrected chi connectivity index (χ4v) is 3.98. The zero-order valence-electron chi connectivity index (χ0n) is 15.4. The molecule has 4 rings (SSSR count). The van der Waals surface area contributed by atoms with Crippen LogP contribution in [0.3, 0.4) is 0 Å². The van der Waals surface area contributed by atoms with E-state index in [-0.39, 0.29) is 5.91 Å². The van der Waals surface area contributed by atoms with Crippen LogP contribution < -0.4 is 10.1 Å². The van der Waals surface area contributed by atoms with Gasteiger partial charge < -0.3 is 14.5 Å². The summed E-state index contributed by atoms with van der Waals surface area (Å²) < 4.78 is 11.1. The topological polar surface area (TPSA) is 63.8 Å². The number of thioether (sulfide) groups is 1. The van der Waals surface area contributed by atoms with Crippen molar-refractivity contribution >= 4 is 69.4 Å². The predicted octanol–water partition coefficient (Wildman–Crippen LogP) is 6.81. The summed E-state index contributed by atoms with van der Waals surface area (Å²) in [5.74, 6) is 1.42. The van der Waals surface area contributed by atoms with Gasteiger partial charge in [-0.3, -0.25) is 4.79 Å². The molecule has 0 spiro atoms. The molecule has 1 aromatic heterocycles. The van der Waals surface area contributed by atoms with Gasteiger partial charge in [-0.1, -0.05) is 34.8 Å². The lowest BCUT2D eigenvalue weighted by atomic mass is 10.2. The maximum Gasteiger partial charge on any atom is 0.264 e. The number of nitrogens with zero attached hydrogens (tertiary/aromatic N) is 1. The Bertz CT molecular complexity index is 1200. The third-order valence-electron chi connectivity index (χ3n) is 4.12. The Balaban J connectivity index is 1.57. The van der Waals surface area contributed by atoms with E-state index in [2.05, 4.69) is 10.3 Å². The predicted molar refractivity (Wildman–Crippen MR) is 123 cm³/mol. The minimum Gasteiger partial charge on any atom is -0.494 e. The summed E-state index contributed by atoms with van der Waals surface area (Å²) in [6.45, 7) is 0. The molecule has 1 N–H and O–H groups in total. The quantitative estimate of drug-likeness (QED) is 0.418. The summed E-state index contributed by atoms with van der Waals surface area (Å²) in [6, 6.07) is 13.9. The van der Waals surface area contributed by atoms with Crippen LogP contribution in [0.1, 0.15) is 5.76 Å². The summed E-state index contributed by atoms with van der Waals surface area (Å²) in [5.41, 5.74) is 1.31. The highest BCUT2D eigenvalue weighted by molar-refractivity contribution is 8.18. The maximum absolute atomic E-state index is 12.3. The van der Waals surface area contributed by atoms with Crippen LogP contribution in [0.25, 0.3) is 17.4 Å². The van der Waals surface area contributed by atoms with Gasteiger partial charge in [-0.05, 0) is 60.3 Å². The van der Waals surface area contributed by atoms with Crippen LogP contribution in [0.5, 0.6) is 5.75 Å². The average molecular weight is 480 g/mol. The number of ether oxygens (including phenoxy) is 1. The van der Waals surface area contributed by atoms with Crippen LogP contribution in [0.15, 0.2) is 62.8 Å². The molecule has 30 heavy (non-hydrogen) atoms. The van der Waals surface area contributed by atoms with Crippen LogP contribution in [-0.4, -0.2) is 18.2 Å². The zero-order valence-corrected chi connectivity index (χ0v) is 18.5. The molecule has 2 heterocycles. The maximum atomic E-state index is 12.3. The van der Waals surface area contributed by atoms with Gasteiger partial charge in [0.05, 0.1) is 22.1 Å². The van der Waals surface area contributed by atoms with Crippen molar-refractivity contribution < 1.29 is 13.9 Å². The number of amidine groups is 1. The van der Waals surface area contributed by atoms with E-state index in [4.69, 9.17) is 44.0 Å². The number of rotatable bonds is 4. The van der Waals surface area contributed by atoms with E-state index in [1.54, 1.807) is 55.7 Å². The number of nitrogens with one attached hydrogen (secondary N) is 1. The lowest BCUT2D eigenvalue weighted by molar-refractivity contribution is -0.115. The second kappa shape index (κ2) is 8.78. The molecular weight excluding hydrogens is 467 g/mol. The number of methoxy groups -OCH3 is 1. The Labute approximate surface area is 191 Å². The molecule has 1 amide bonds. The van der Waals surface area contributed by atoms with Gasteiger partial charge in [0, 0.05) is 16.7 Å². The number of aliphatic imine (C=N–C) groups is 1. The molecule has 1 fully saturated rings. The van der Waals surface area contributed by atoms with Crippen LogP contribution in [-0.2, 0) is 4.79 Å². The first-order chi connectivity index (χ1) is 14.4. The molecule has 152 valence electrons. The molecule has 0 atom stereocenters. The van der Waals surface area contributed by atoms with E-state index in [0.29, 0.717) is 48.1 Å². The van der Waals surface area contributed by atoms with Gasteiger partial charge in [0.2, 0.25) is 0 Å². The number of carbonyl (C=O) groups is 1. The molecule has 1 aliphatic heterocycles. The van der Waals surface area contributed by atoms with Crippen molar-refractivity contribution in [2.24, 2.45) is 4.99 Å². The van der Waals surface area contributed by atoms with Crippen molar-refractivity contribution in [2.75, 3.05) is 7.11 Å². The summed E-state index contributed by atoms with van der Waals surface area (Å²) in [5, 5.41) is 4.58. The van der Waals surface area contributed by atoms with E-state index in [0.717, 1.165) is 5.56 Å². The average Bonchev–Trinajstić information content (AvgIpc) is 3.31. The molecule has 3 aromatic rings. The van der Waals surface area contributed by atoms with Gasteiger partial charge in [0.25, 0.3) is 5.91 Å². The number of halogens is 3. The third kappa shape index (κ3) is 4.52. The third-order valence-corrected chi connectivity index (χ3v) is 6.00. The molecular formula is C21H13Cl3N2O3S. The Morgan fingerprint density at radius 2 is 1.90 bits per heavy atom. The van der Waals surface area contributed by atoms with E-state index >= 15 is 0 Å². The summed E-state index contributed by atoms with van der Waals surface area (Å²) in [4.78, 5) is 17.2.